The third-order valence-electron chi connectivity index (χ3n) is 2.50. The number of alkyl halides is 3. The fourth-order valence-electron chi connectivity index (χ4n) is 1.43. The molecule has 0 heterocycles. The largest absolute Gasteiger partial charge is 0.441 e. The van der Waals surface area contributed by atoms with E-state index in [1.165, 1.54) is 6.92 Å². The van der Waals surface area contributed by atoms with Crippen molar-refractivity contribution in [1.29, 1.82) is 0 Å². The quantitative estimate of drug-likeness (QED) is 0.817. The van der Waals surface area contributed by atoms with Gasteiger partial charge in [-0.15, -0.1) is 12.4 Å². The fourth-order valence-corrected chi connectivity index (χ4v) is 1.87. The molecule has 20 heavy (non-hydrogen) atoms. The SMILES string of the molecule is CC(N)(C(=O)NCCSC(F)(F)F)c1ccccc1.Cl. The molecule has 3 N–H and O–H groups in total. The third kappa shape index (κ3) is 6.02. The first kappa shape index (κ1) is 19.1. The number of hydrogen-bond acceptors (Lipinski definition) is 3. The van der Waals surface area contributed by atoms with Gasteiger partial charge < -0.3 is 11.1 Å². The highest BCUT2D eigenvalue weighted by Gasteiger charge is 2.31. The predicted molar refractivity (Wildman–Crippen MR) is 76.8 cm³/mol. The summed E-state index contributed by atoms with van der Waals surface area (Å²) in [5.74, 6) is -0.735. The molecule has 114 valence electrons. The van der Waals surface area contributed by atoms with Gasteiger partial charge >= 0.3 is 5.51 Å². The average molecular weight is 329 g/mol. The zero-order chi connectivity index (χ0) is 14.5. The van der Waals surface area contributed by atoms with Crippen molar-refractivity contribution in [3.63, 3.8) is 0 Å². The molecule has 0 aliphatic carbocycles. The van der Waals surface area contributed by atoms with Crippen LogP contribution in [0.25, 0.3) is 0 Å². The minimum absolute atomic E-state index is 0. The van der Waals surface area contributed by atoms with Gasteiger partial charge in [0.2, 0.25) is 5.91 Å². The number of hydrogen-bond donors (Lipinski definition) is 2. The van der Waals surface area contributed by atoms with Crippen LogP contribution in [0.1, 0.15) is 12.5 Å². The maximum Gasteiger partial charge on any atom is 0.441 e. The Morgan fingerprint density at radius 1 is 1.30 bits per heavy atom. The van der Waals surface area contributed by atoms with E-state index in [0.29, 0.717) is 5.56 Å². The van der Waals surface area contributed by atoms with Crippen molar-refractivity contribution in [3.8, 4) is 0 Å². The maximum atomic E-state index is 11.9. The van der Waals surface area contributed by atoms with Crippen molar-refractivity contribution < 1.29 is 18.0 Å². The Morgan fingerprint density at radius 3 is 2.35 bits per heavy atom. The van der Waals surface area contributed by atoms with Crippen LogP contribution < -0.4 is 11.1 Å². The Balaban J connectivity index is 0.00000361. The topological polar surface area (TPSA) is 55.1 Å². The lowest BCUT2D eigenvalue weighted by molar-refractivity contribution is -0.126. The summed E-state index contributed by atoms with van der Waals surface area (Å²) in [6, 6.07) is 8.67. The first-order chi connectivity index (χ1) is 8.73. The molecule has 1 amide bonds. The Bertz CT molecular complexity index is 426. The predicted octanol–water partition coefficient (Wildman–Crippen LogP) is 2.65. The van der Waals surface area contributed by atoms with Gasteiger partial charge in [-0.25, -0.2) is 0 Å². The van der Waals surface area contributed by atoms with Crippen molar-refractivity contribution in [1.82, 2.24) is 5.32 Å². The Morgan fingerprint density at radius 2 is 1.85 bits per heavy atom. The van der Waals surface area contributed by atoms with E-state index in [1.807, 2.05) is 0 Å². The lowest BCUT2D eigenvalue weighted by Crippen LogP contribution is -2.49. The number of nitrogens with two attached hydrogens (primary N) is 1. The van der Waals surface area contributed by atoms with Crippen molar-refractivity contribution in [2.24, 2.45) is 5.73 Å². The normalized spacial score (nSPS) is 14.1. The van der Waals surface area contributed by atoms with Crippen molar-refractivity contribution >= 4 is 30.1 Å². The molecule has 0 spiro atoms. The molecule has 1 rings (SSSR count). The highest BCUT2D eigenvalue weighted by molar-refractivity contribution is 8.00. The highest BCUT2D eigenvalue weighted by atomic mass is 35.5. The van der Waals surface area contributed by atoms with Crippen LogP contribution in [0.5, 0.6) is 0 Å². The molecule has 8 heteroatoms. The molecule has 0 fully saturated rings. The van der Waals surface area contributed by atoms with Crippen LogP contribution in [0, 0.1) is 0 Å². The molecule has 0 aliphatic rings. The summed E-state index contributed by atoms with van der Waals surface area (Å²) in [6.45, 7) is 1.44. The molecule has 1 aromatic carbocycles. The van der Waals surface area contributed by atoms with Crippen LogP contribution >= 0.6 is 24.2 Å². The molecule has 0 bridgehead atoms. The van der Waals surface area contributed by atoms with E-state index in [0.717, 1.165) is 0 Å². The summed E-state index contributed by atoms with van der Waals surface area (Å²) in [7, 11) is 0. The second kappa shape index (κ2) is 7.75. The van der Waals surface area contributed by atoms with Gasteiger partial charge in [-0.05, 0) is 24.2 Å². The molecular formula is C12H16ClF3N2OS. The molecular weight excluding hydrogens is 313 g/mol. The summed E-state index contributed by atoms with van der Waals surface area (Å²) in [4.78, 5) is 11.9. The van der Waals surface area contributed by atoms with Gasteiger partial charge in [0, 0.05) is 12.3 Å². The highest BCUT2D eigenvalue weighted by Crippen LogP contribution is 2.29. The first-order valence-electron chi connectivity index (χ1n) is 5.57. The van der Waals surface area contributed by atoms with Crippen LogP contribution in [-0.2, 0) is 10.3 Å². The standard InChI is InChI=1S/C12H15F3N2OS.ClH/c1-11(16,9-5-3-2-4-6-9)10(18)17-7-8-19-12(13,14)15;/h2-6H,7-8,16H2,1H3,(H,17,18);1H. The third-order valence-corrected chi connectivity index (χ3v) is 3.23. The van der Waals surface area contributed by atoms with E-state index in [-0.39, 0.29) is 36.5 Å². The van der Waals surface area contributed by atoms with Crippen LogP contribution in [0.3, 0.4) is 0 Å². The van der Waals surface area contributed by atoms with Gasteiger partial charge in [0.1, 0.15) is 5.54 Å². The smallest absolute Gasteiger partial charge is 0.353 e. The summed E-state index contributed by atoms with van der Waals surface area (Å²) in [6.07, 6.45) is 0. The van der Waals surface area contributed by atoms with Crippen molar-refractivity contribution in [2.75, 3.05) is 12.3 Å². The summed E-state index contributed by atoms with van der Waals surface area (Å²) in [5, 5.41) is 2.41. The van der Waals surface area contributed by atoms with Crippen LogP contribution in [0.15, 0.2) is 30.3 Å². The Kier molecular flexibility index (Phi) is 7.40. The number of carbonyl (C=O) groups excluding carboxylic acids is 1. The molecule has 1 atom stereocenters. The van der Waals surface area contributed by atoms with Crippen molar-refractivity contribution in [2.45, 2.75) is 18.0 Å². The minimum atomic E-state index is -4.28. The lowest BCUT2D eigenvalue weighted by atomic mass is 9.92. The van der Waals surface area contributed by atoms with Gasteiger partial charge in [0.25, 0.3) is 0 Å². The van der Waals surface area contributed by atoms with E-state index >= 15 is 0 Å². The number of amides is 1. The van der Waals surface area contributed by atoms with Crippen molar-refractivity contribution in [3.05, 3.63) is 35.9 Å². The second-order valence-corrected chi connectivity index (χ2v) is 5.28. The number of nitrogens with one attached hydrogen (secondary N) is 1. The van der Waals surface area contributed by atoms with Gasteiger partial charge in [-0.3, -0.25) is 4.79 Å². The van der Waals surface area contributed by atoms with E-state index in [9.17, 15) is 18.0 Å². The Hall–Kier alpha value is -0.920. The van der Waals surface area contributed by atoms with Gasteiger partial charge in [-0.1, -0.05) is 30.3 Å². The number of halogens is 4. The van der Waals surface area contributed by atoms with Crippen LogP contribution in [0.4, 0.5) is 13.2 Å². The van der Waals surface area contributed by atoms with Crippen LogP contribution in [0.2, 0.25) is 0 Å². The van der Waals surface area contributed by atoms with Gasteiger partial charge in [0.15, 0.2) is 0 Å². The molecule has 0 aromatic heterocycles. The first-order valence-corrected chi connectivity index (χ1v) is 6.55. The van der Waals surface area contributed by atoms with Crippen LogP contribution in [-0.4, -0.2) is 23.7 Å². The van der Waals surface area contributed by atoms with E-state index < -0.39 is 17.0 Å². The second-order valence-electron chi connectivity index (χ2n) is 4.12. The molecule has 0 saturated carbocycles. The van der Waals surface area contributed by atoms with Gasteiger partial charge in [-0.2, -0.15) is 13.2 Å². The molecule has 1 unspecified atom stereocenters. The summed E-state index contributed by atoms with van der Waals surface area (Å²) < 4.78 is 35.7. The number of rotatable bonds is 5. The molecule has 0 radical (unpaired) electrons. The zero-order valence-electron chi connectivity index (χ0n) is 10.7. The van der Waals surface area contributed by atoms with Gasteiger partial charge in [0.05, 0.1) is 0 Å². The molecule has 0 saturated heterocycles. The average Bonchev–Trinajstić information content (AvgIpc) is 2.34. The lowest BCUT2D eigenvalue weighted by Gasteiger charge is -2.24. The fraction of sp³-hybridized carbons (Fsp3) is 0.417. The van der Waals surface area contributed by atoms with E-state index in [2.05, 4.69) is 5.32 Å². The summed E-state index contributed by atoms with van der Waals surface area (Å²) in [5.41, 5.74) is 0.975. The molecule has 0 aliphatic heterocycles. The monoisotopic (exact) mass is 328 g/mol. The minimum Gasteiger partial charge on any atom is -0.353 e. The summed E-state index contributed by atoms with van der Waals surface area (Å²) >= 11 is -0.174. The number of thioether (sulfide) groups is 1. The Labute approximate surface area is 125 Å². The number of carbonyl (C=O) groups is 1. The van der Waals surface area contributed by atoms with E-state index in [4.69, 9.17) is 5.73 Å². The molecule has 1 aromatic rings. The molecule has 3 nitrogen and oxygen atoms in total. The maximum absolute atomic E-state index is 11.9. The zero-order valence-corrected chi connectivity index (χ0v) is 12.4. The van der Waals surface area contributed by atoms with E-state index in [1.54, 1.807) is 30.3 Å². The number of benzene rings is 1.